The zero-order valence-electron chi connectivity index (χ0n) is 13.8. The molecule has 1 aliphatic heterocycles. The summed E-state index contributed by atoms with van der Waals surface area (Å²) in [6.07, 6.45) is 0.895. The van der Waals surface area contributed by atoms with Gasteiger partial charge in [-0.25, -0.2) is 9.99 Å². The Morgan fingerprint density at radius 3 is 2.42 bits per heavy atom. The van der Waals surface area contributed by atoms with Crippen LogP contribution in [0.25, 0.3) is 0 Å². The highest BCUT2D eigenvalue weighted by atomic mass is 32.1. The minimum atomic E-state index is 0.200. The summed E-state index contributed by atoms with van der Waals surface area (Å²) in [5.74, 6) is 0. The molecule has 0 N–H and O–H groups in total. The van der Waals surface area contributed by atoms with Crippen LogP contribution in [0.5, 0.6) is 0 Å². The number of hydrogen-bond acceptors (Lipinski definition) is 4. The molecule has 2 heterocycles. The summed E-state index contributed by atoms with van der Waals surface area (Å²) in [5.41, 5.74) is 5.90. The fourth-order valence-electron chi connectivity index (χ4n) is 2.99. The number of aryl methyl sites for hydroxylation is 2. The number of nitrogens with zero attached hydrogens (tertiary/aromatic N) is 3. The number of thiazole rings is 1. The predicted molar refractivity (Wildman–Crippen MR) is 101 cm³/mol. The molecule has 0 radical (unpaired) electrons. The molecule has 3 aromatic rings. The highest BCUT2D eigenvalue weighted by Crippen LogP contribution is 2.38. The highest BCUT2D eigenvalue weighted by molar-refractivity contribution is 7.13. The van der Waals surface area contributed by atoms with Crippen LogP contribution in [0.15, 0.2) is 65.1 Å². The van der Waals surface area contributed by atoms with Crippen molar-refractivity contribution in [3.8, 4) is 0 Å². The molecule has 0 aliphatic carbocycles. The molecular formula is C20H19N3S. The zero-order valence-corrected chi connectivity index (χ0v) is 14.6. The number of hydrogen-bond donors (Lipinski definition) is 0. The van der Waals surface area contributed by atoms with Crippen molar-refractivity contribution >= 4 is 22.2 Å². The second kappa shape index (κ2) is 6.21. The maximum absolute atomic E-state index is 4.92. The molecule has 4 heteroatoms. The van der Waals surface area contributed by atoms with Crippen LogP contribution >= 0.6 is 11.3 Å². The van der Waals surface area contributed by atoms with Crippen LogP contribution in [0.4, 0.5) is 5.13 Å². The lowest BCUT2D eigenvalue weighted by atomic mass is 9.98. The molecule has 0 fully saturated rings. The van der Waals surface area contributed by atoms with Gasteiger partial charge in [0.2, 0.25) is 5.13 Å². The Bertz CT molecular complexity index is 865. The Balaban J connectivity index is 1.74. The minimum absolute atomic E-state index is 0.200. The van der Waals surface area contributed by atoms with E-state index in [1.165, 1.54) is 16.7 Å². The largest absolute Gasteiger partial charge is 0.231 e. The molecule has 0 amide bonds. The standard InChI is InChI=1S/C20H19N3S/c1-14-8-10-17(11-9-14)19-12-18(16-6-4-3-5-7-16)22-23(19)20-21-15(2)13-24-20/h3-11,13,19H,12H2,1-2H3/t19-/m0/s1. The summed E-state index contributed by atoms with van der Waals surface area (Å²) in [5, 5.41) is 10.1. The van der Waals surface area contributed by atoms with Gasteiger partial charge < -0.3 is 0 Å². The van der Waals surface area contributed by atoms with E-state index in [9.17, 15) is 0 Å². The third-order valence-electron chi connectivity index (χ3n) is 4.28. The molecule has 0 bridgehead atoms. The van der Waals surface area contributed by atoms with Gasteiger partial charge in [0.1, 0.15) is 0 Å². The van der Waals surface area contributed by atoms with Gasteiger partial charge in [0, 0.05) is 11.8 Å². The summed E-state index contributed by atoms with van der Waals surface area (Å²) in [7, 11) is 0. The second-order valence-corrected chi connectivity index (χ2v) is 7.00. The van der Waals surface area contributed by atoms with E-state index in [0.29, 0.717) is 0 Å². The zero-order chi connectivity index (χ0) is 16.5. The average molecular weight is 333 g/mol. The lowest BCUT2D eigenvalue weighted by Gasteiger charge is -2.21. The van der Waals surface area contributed by atoms with E-state index in [4.69, 9.17) is 5.10 Å². The van der Waals surface area contributed by atoms with Crippen molar-refractivity contribution < 1.29 is 0 Å². The molecule has 3 nitrogen and oxygen atoms in total. The SMILES string of the molecule is Cc1ccc([C@@H]2CC(c3ccccc3)=NN2c2nc(C)cs2)cc1. The van der Waals surface area contributed by atoms with E-state index in [-0.39, 0.29) is 6.04 Å². The Morgan fingerprint density at radius 2 is 1.75 bits per heavy atom. The number of aromatic nitrogens is 1. The van der Waals surface area contributed by atoms with Crippen LogP contribution in [0.3, 0.4) is 0 Å². The third kappa shape index (κ3) is 2.85. The van der Waals surface area contributed by atoms with Gasteiger partial charge in [-0.2, -0.15) is 5.10 Å². The van der Waals surface area contributed by atoms with E-state index in [0.717, 1.165) is 23.0 Å². The van der Waals surface area contributed by atoms with Crippen molar-refractivity contribution in [1.82, 2.24) is 4.98 Å². The first-order chi connectivity index (χ1) is 11.7. The predicted octanol–water partition coefficient (Wildman–Crippen LogP) is 5.12. The summed E-state index contributed by atoms with van der Waals surface area (Å²) >= 11 is 1.65. The van der Waals surface area contributed by atoms with Crippen LogP contribution in [-0.2, 0) is 0 Å². The van der Waals surface area contributed by atoms with E-state index < -0.39 is 0 Å². The maximum atomic E-state index is 4.92. The number of hydrazone groups is 1. The summed E-state index contributed by atoms with van der Waals surface area (Å²) in [6.45, 7) is 4.14. The lowest BCUT2D eigenvalue weighted by molar-refractivity contribution is 0.705. The van der Waals surface area contributed by atoms with Crippen molar-refractivity contribution in [3.05, 3.63) is 82.4 Å². The first-order valence-corrected chi connectivity index (χ1v) is 8.99. The van der Waals surface area contributed by atoms with Crippen LogP contribution in [0, 0.1) is 13.8 Å². The van der Waals surface area contributed by atoms with Crippen molar-refractivity contribution in [2.24, 2.45) is 5.10 Å². The van der Waals surface area contributed by atoms with Crippen LogP contribution in [0.2, 0.25) is 0 Å². The highest BCUT2D eigenvalue weighted by Gasteiger charge is 2.31. The summed E-state index contributed by atoms with van der Waals surface area (Å²) in [6, 6.07) is 19.4. The number of benzene rings is 2. The fourth-order valence-corrected chi connectivity index (χ4v) is 3.79. The van der Waals surface area contributed by atoms with E-state index in [1.807, 2.05) is 13.0 Å². The van der Waals surface area contributed by atoms with E-state index in [1.54, 1.807) is 11.3 Å². The maximum Gasteiger partial charge on any atom is 0.206 e. The van der Waals surface area contributed by atoms with Gasteiger partial charge in [-0.15, -0.1) is 11.3 Å². The Kier molecular flexibility index (Phi) is 3.90. The van der Waals surface area contributed by atoms with Crippen molar-refractivity contribution in [3.63, 3.8) is 0 Å². The van der Waals surface area contributed by atoms with Gasteiger partial charge in [0.15, 0.2) is 0 Å². The first kappa shape index (κ1) is 15.1. The molecule has 0 unspecified atom stereocenters. The van der Waals surface area contributed by atoms with E-state index in [2.05, 4.69) is 70.8 Å². The summed E-state index contributed by atoms with van der Waals surface area (Å²) < 4.78 is 0. The molecule has 24 heavy (non-hydrogen) atoms. The number of rotatable bonds is 3. The molecule has 120 valence electrons. The quantitative estimate of drug-likeness (QED) is 0.666. The fraction of sp³-hybridized carbons (Fsp3) is 0.200. The van der Waals surface area contributed by atoms with Crippen molar-refractivity contribution in [1.29, 1.82) is 0 Å². The topological polar surface area (TPSA) is 28.5 Å². The van der Waals surface area contributed by atoms with Crippen LogP contribution < -0.4 is 5.01 Å². The molecule has 2 aromatic carbocycles. The Hall–Kier alpha value is -2.46. The minimum Gasteiger partial charge on any atom is -0.231 e. The van der Waals surface area contributed by atoms with Crippen molar-refractivity contribution in [2.45, 2.75) is 26.3 Å². The van der Waals surface area contributed by atoms with Crippen LogP contribution in [-0.4, -0.2) is 10.7 Å². The molecule has 1 atom stereocenters. The molecule has 0 saturated carbocycles. The normalized spacial score (nSPS) is 17.2. The smallest absolute Gasteiger partial charge is 0.206 e. The first-order valence-electron chi connectivity index (χ1n) is 8.11. The van der Waals surface area contributed by atoms with Gasteiger partial charge in [-0.1, -0.05) is 60.2 Å². The van der Waals surface area contributed by atoms with Gasteiger partial charge >= 0.3 is 0 Å². The Morgan fingerprint density at radius 1 is 1.00 bits per heavy atom. The molecule has 1 aliphatic rings. The van der Waals surface area contributed by atoms with Gasteiger partial charge in [0.25, 0.3) is 0 Å². The Labute approximate surface area is 146 Å². The monoisotopic (exact) mass is 333 g/mol. The average Bonchev–Trinajstić information content (AvgIpc) is 3.23. The molecular weight excluding hydrogens is 314 g/mol. The molecule has 1 aromatic heterocycles. The molecule has 4 rings (SSSR count). The van der Waals surface area contributed by atoms with Gasteiger partial charge in [-0.05, 0) is 25.0 Å². The van der Waals surface area contributed by atoms with Crippen molar-refractivity contribution in [2.75, 3.05) is 5.01 Å². The number of anilines is 1. The molecule has 0 saturated heterocycles. The third-order valence-corrected chi connectivity index (χ3v) is 5.23. The second-order valence-electron chi connectivity index (χ2n) is 6.16. The van der Waals surface area contributed by atoms with E-state index >= 15 is 0 Å². The van der Waals surface area contributed by atoms with Gasteiger partial charge in [0.05, 0.1) is 17.4 Å². The molecule has 0 spiro atoms. The van der Waals surface area contributed by atoms with Crippen LogP contribution in [0.1, 0.15) is 34.8 Å². The summed E-state index contributed by atoms with van der Waals surface area (Å²) in [4.78, 5) is 4.65. The van der Waals surface area contributed by atoms with Gasteiger partial charge in [-0.3, -0.25) is 0 Å². The lowest BCUT2D eigenvalue weighted by Crippen LogP contribution is -2.18.